The van der Waals surface area contributed by atoms with Gasteiger partial charge in [0.05, 0.1) is 0 Å². The Morgan fingerprint density at radius 1 is 1.35 bits per heavy atom. The summed E-state index contributed by atoms with van der Waals surface area (Å²) in [5, 5.41) is 0. The van der Waals surface area contributed by atoms with E-state index in [-0.39, 0.29) is 0 Å². The minimum Gasteiger partial charge on any atom is -0.338 e. The summed E-state index contributed by atoms with van der Waals surface area (Å²) in [4.78, 5) is 16.6. The van der Waals surface area contributed by atoms with Gasteiger partial charge in [-0.2, -0.15) is 0 Å². The zero-order chi connectivity index (χ0) is 12.7. The molecule has 0 bridgehead atoms. The quantitative estimate of drug-likeness (QED) is 0.560. The first-order chi connectivity index (χ1) is 8.19. The highest BCUT2D eigenvalue weighted by Gasteiger charge is 2.25. The van der Waals surface area contributed by atoms with E-state index in [1.807, 2.05) is 0 Å². The van der Waals surface area contributed by atoms with Gasteiger partial charge in [0.2, 0.25) is 5.91 Å². The number of hydrogen-bond donors (Lipinski definition) is 0. The van der Waals surface area contributed by atoms with Crippen LogP contribution in [0, 0.1) is 0 Å². The third-order valence-electron chi connectivity index (χ3n) is 3.47. The van der Waals surface area contributed by atoms with Gasteiger partial charge < -0.3 is 9.80 Å². The summed E-state index contributed by atoms with van der Waals surface area (Å²) < 4.78 is 0. The lowest BCUT2D eigenvalue weighted by Crippen LogP contribution is -2.43. The predicted molar refractivity (Wildman–Crippen MR) is 72.5 cm³/mol. The Kier molecular flexibility index (Phi) is 6.90. The van der Waals surface area contributed by atoms with Gasteiger partial charge in [0.25, 0.3) is 0 Å². The molecule has 1 aliphatic heterocycles. The van der Waals surface area contributed by atoms with Crippen LogP contribution in [0.5, 0.6) is 0 Å². The molecule has 1 aliphatic rings. The normalized spacial score (nSPS) is 22.5. The summed E-state index contributed by atoms with van der Waals surface area (Å²) in [5.74, 6) is 0.977. The van der Waals surface area contributed by atoms with Crippen molar-refractivity contribution in [3.8, 4) is 0 Å². The molecule has 0 aromatic rings. The van der Waals surface area contributed by atoms with Crippen LogP contribution in [0.15, 0.2) is 0 Å². The van der Waals surface area contributed by atoms with E-state index in [1.54, 1.807) is 0 Å². The standard InChI is InChI=1S/C13H25ClN2O/c1-3-12-11-15(2)9-6-10-16(12)13(17)7-4-5-8-14/h12H,3-11H2,1-2H3. The molecule has 1 rings (SSSR count). The van der Waals surface area contributed by atoms with Gasteiger partial charge in [-0.3, -0.25) is 4.79 Å². The van der Waals surface area contributed by atoms with Crippen LogP contribution in [0.3, 0.4) is 0 Å². The van der Waals surface area contributed by atoms with Crippen LogP contribution < -0.4 is 0 Å². The van der Waals surface area contributed by atoms with E-state index in [2.05, 4.69) is 23.8 Å². The van der Waals surface area contributed by atoms with Crippen LogP contribution in [-0.4, -0.2) is 54.3 Å². The Morgan fingerprint density at radius 3 is 2.76 bits per heavy atom. The van der Waals surface area contributed by atoms with Crippen molar-refractivity contribution in [1.82, 2.24) is 9.80 Å². The minimum absolute atomic E-state index is 0.317. The second-order valence-corrected chi connectivity index (χ2v) is 5.29. The van der Waals surface area contributed by atoms with Crippen LogP contribution in [0.25, 0.3) is 0 Å². The Bertz CT molecular complexity index is 235. The van der Waals surface area contributed by atoms with Crippen molar-refractivity contribution < 1.29 is 4.79 Å². The number of alkyl halides is 1. The van der Waals surface area contributed by atoms with Gasteiger partial charge in [-0.1, -0.05) is 6.92 Å². The summed E-state index contributed by atoms with van der Waals surface area (Å²) in [7, 11) is 2.14. The molecule has 0 aromatic carbocycles. The van der Waals surface area contributed by atoms with Gasteiger partial charge in [0.15, 0.2) is 0 Å². The van der Waals surface area contributed by atoms with Crippen molar-refractivity contribution in [3.63, 3.8) is 0 Å². The lowest BCUT2D eigenvalue weighted by Gasteiger charge is -2.30. The van der Waals surface area contributed by atoms with Gasteiger partial charge in [-0.25, -0.2) is 0 Å². The van der Waals surface area contributed by atoms with Crippen molar-refractivity contribution in [2.75, 3.05) is 32.6 Å². The van der Waals surface area contributed by atoms with E-state index in [1.165, 1.54) is 0 Å². The van der Waals surface area contributed by atoms with Gasteiger partial charge in [0.1, 0.15) is 0 Å². The lowest BCUT2D eigenvalue weighted by atomic mass is 10.1. The third kappa shape index (κ3) is 4.84. The van der Waals surface area contributed by atoms with Crippen LogP contribution in [0.4, 0.5) is 0 Å². The maximum absolute atomic E-state index is 12.2. The first-order valence-corrected chi connectivity index (χ1v) is 7.26. The zero-order valence-corrected chi connectivity index (χ0v) is 11.9. The van der Waals surface area contributed by atoms with E-state index in [4.69, 9.17) is 11.6 Å². The van der Waals surface area contributed by atoms with Crippen molar-refractivity contribution in [1.29, 1.82) is 0 Å². The largest absolute Gasteiger partial charge is 0.338 e. The molecule has 0 radical (unpaired) electrons. The number of carbonyl (C=O) groups excluding carboxylic acids is 1. The van der Waals surface area contributed by atoms with Crippen molar-refractivity contribution in [3.05, 3.63) is 0 Å². The second kappa shape index (κ2) is 7.93. The molecule has 1 saturated heterocycles. The average Bonchev–Trinajstić information content (AvgIpc) is 2.50. The van der Waals surface area contributed by atoms with Gasteiger partial charge >= 0.3 is 0 Å². The monoisotopic (exact) mass is 260 g/mol. The molecule has 100 valence electrons. The van der Waals surface area contributed by atoms with Crippen LogP contribution in [0.2, 0.25) is 0 Å². The summed E-state index contributed by atoms with van der Waals surface area (Å²) in [6, 6.07) is 0.394. The van der Waals surface area contributed by atoms with Crippen molar-refractivity contribution >= 4 is 17.5 Å². The molecule has 0 spiro atoms. The molecule has 1 amide bonds. The zero-order valence-electron chi connectivity index (χ0n) is 11.1. The topological polar surface area (TPSA) is 23.6 Å². The molecule has 1 atom stereocenters. The highest BCUT2D eigenvalue weighted by atomic mass is 35.5. The number of carbonyl (C=O) groups is 1. The summed E-state index contributed by atoms with van der Waals surface area (Å²) >= 11 is 5.64. The average molecular weight is 261 g/mol. The highest BCUT2D eigenvalue weighted by Crippen LogP contribution is 2.14. The number of halogens is 1. The predicted octanol–water partition coefficient (Wildman–Crippen LogP) is 2.34. The van der Waals surface area contributed by atoms with Gasteiger partial charge in [0, 0.05) is 31.4 Å². The first kappa shape index (κ1) is 14.8. The number of nitrogens with zero attached hydrogens (tertiary/aromatic N) is 2. The van der Waals surface area contributed by atoms with Crippen molar-refractivity contribution in [2.24, 2.45) is 0 Å². The fourth-order valence-electron chi connectivity index (χ4n) is 2.44. The van der Waals surface area contributed by atoms with E-state index in [9.17, 15) is 4.79 Å². The number of rotatable bonds is 5. The molecule has 0 aliphatic carbocycles. The minimum atomic E-state index is 0.317. The molecule has 1 heterocycles. The van der Waals surface area contributed by atoms with Crippen LogP contribution >= 0.6 is 11.6 Å². The molecule has 3 nitrogen and oxygen atoms in total. The molecule has 0 N–H and O–H groups in total. The number of amides is 1. The third-order valence-corrected chi connectivity index (χ3v) is 3.74. The molecule has 1 fully saturated rings. The maximum Gasteiger partial charge on any atom is 0.222 e. The van der Waals surface area contributed by atoms with E-state index in [0.29, 0.717) is 24.2 Å². The van der Waals surface area contributed by atoms with Gasteiger partial charge in [-0.15, -0.1) is 11.6 Å². The maximum atomic E-state index is 12.2. The molecule has 4 heteroatoms. The number of hydrogen-bond acceptors (Lipinski definition) is 2. The Labute approximate surface area is 110 Å². The van der Waals surface area contributed by atoms with Gasteiger partial charge in [-0.05, 0) is 39.3 Å². The molecular formula is C13H25ClN2O. The number of unbranched alkanes of at least 4 members (excludes halogenated alkanes) is 1. The van der Waals surface area contributed by atoms with Crippen LogP contribution in [-0.2, 0) is 4.79 Å². The van der Waals surface area contributed by atoms with Crippen molar-refractivity contribution in [2.45, 2.75) is 45.1 Å². The molecule has 1 unspecified atom stereocenters. The summed E-state index contributed by atoms with van der Waals surface area (Å²) in [5.41, 5.74) is 0. The molecule has 17 heavy (non-hydrogen) atoms. The SMILES string of the molecule is CCC1CN(C)CCCN1C(=O)CCCCCl. The van der Waals surface area contributed by atoms with E-state index < -0.39 is 0 Å². The molecular weight excluding hydrogens is 236 g/mol. The molecule has 0 saturated carbocycles. The first-order valence-electron chi connectivity index (χ1n) is 6.73. The Morgan fingerprint density at radius 2 is 2.12 bits per heavy atom. The smallest absolute Gasteiger partial charge is 0.222 e. The second-order valence-electron chi connectivity index (χ2n) is 4.91. The lowest BCUT2D eigenvalue weighted by molar-refractivity contribution is -0.133. The highest BCUT2D eigenvalue weighted by molar-refractivity contribution is 6.17. The fourth-order valence-corrected chi connectivity index (χ4v) is 2.62. The number of likely N-dealkylation sites (N-methyl/N-ethyl adjacent to an activating group) is 1. The summed E-state index contributed by atoms with van der Waals surface area (Å²) in [6.45, 7) is 5.20. The van der Waals surface area contributed by atoms with E-state index >= 15 is 0 Å². The Balaban J connectivity index is 2.49. The fraction of sp³-hybridized carbons (Fsp3) is 0.923. The summed E-state index contributed by atoms with van der Waals surface area (Å²) in [6.07, 6.45) is 4.66. The van der Waals surface area contributed by atoms with E-state index in [0.717, 1.165) is 45.3 Å². The Hall–Kier alpha value is -0.280. The van der Waals surface area contributed by atoms with Crippen LogP contribution in [0.1, 0.15) is 39.0 Å². The molecule has 0 aromatic heterocycles.